The molecule has 0 aromatic carbocycles. The third-order valence-electron chi connectivity index (χ3n) is 3.82. The molecule has 0 aliphatic carbocycles. The second kappa shape index (κ2) is 8.19. The van der Waals surface area contributed by atoms with Crippen LogP contribution < -0.4 is 5.32 Å². The summed E-state index contributed by atoms with van der Waals surface area (Å²) < 4.78 is 10.4. The Hall–Kier alpha value is -1.34. The summed E-state index contributed by atoms with van der Waals surface area (Å²) in [6, 6.07) is 0. The van der Waals surface area contributed by atoms with Crippen molar-refractivity contribution in [1.82, 2.24) is 15.1 Å². The molecule has 2 amide bonds. The van der Waals surface area contributed by atoms with Gasteiger partial charge in [0.1, 0.15) is 0 Å². The summed E-state index contributed by atoms with van der Waals surface area (Å²) in [4.78, 5) is 27.2. The highest BCUT2D eigenvalue weighted by molar-refractivity contribution is 5.78. The molecule has 120 valence electrons. The molecule has 1 N–H and O–H groups in total. The molecule has 7 nitrogen and oxygen atoms in total. The van der Waals surface area contributed by atoms with Gasteiger partial charge in [-0.2, -0.15) is 0 Å². The van der Waals surface area contributed by atoms with E-state index in [1.165, 1.54) is 0 Å². The molecule has 0 aromatic rings. The zero-order chi connectivity index (χ0) is 15.1. The topological polar surface area (TPSA) is 71.1 Å². The molecule has 21 heavy (non-hydrogen) atoms. The zero-order valence-corrected chi connectivity index (χ0v) is 12.7. The Kier molecular flexibility index (Phi) is 6.25. The van der Waals surface area contributed by atoms with E-state index < -0.39 is 0 Å². The molecule has 2 fully saturated rings. The van der Waals surface area contributed by atoms with Gasteiger partial charge in [-0.1, -0.05) is 0 Å². The maximum absolute atomic E-state index is 11.9. The molecule has 2 aliphatic rings. The molecule has 0 aromatic heterocycles. The van der Waals surface area contributed by atoms with E-state index in [-0.39, 0.29) is 18.1 Å². The molecule has 0 spiro atoms. The van der Waals surface area contributed by atoms with Gasteiger partial charge in [-0.05, 0) is 19.8 Å². The Morgan fingerprint density at radius 3 is 2.67 bits per heavy atom. The Balaban J connectivity index is 1.61. The first-order chi connectivity index (χ1) is 10.2. The number of piperazine rings is 1. The second-order valence-corrected chi connectivity index (χ2v) is 5.40. The summed E-state index contributed by atoms with van der Waals surface area (Å²) in [5, 5.41) is 2.92. The van der Waals surface area contributed by atoms with Gasteiger partial charge in [-0.15, -0.1) is 0 Å². The Morgan fingerprint density at radius 2 is 2.05 bits per heavy atom. The Bertz CT molecular complexity index is 350. The predicted octanol–water partition coefficient (Wildman–Crippen LogP) is 0.0557. The fraction of sp³-hybridized carbons (Fsp3) is 0.857. The van der Waals surface area contributed by atoms with E-state index in [1.807, 2.05) is 0 Å². The van der Waals surface area contributed by atoms with E-state index >= 15 is 0 Å². The molecule has 2 heterocycles. The molecular formula is C14H25N3O4. The fourth-order valence-electron chi connectivity index (χ4n) is 2.60. The minimum absolute atomic E-state index is 0.0232. The van der Waals surface area contributed by atoms with E-state index in [2.05, 4.69) is 10.2 Å². The first kappa shape index (κ1) is 16.0. The predicted molar refractivity (Wildman–Crippen MR) is 77.0 cm³/mol. The number of carbonyl (C=O) groups is 2. The smallest absolute Gasteiger partial charge is 0.409 e. The quantitative estimate of drug-likeness (QED) is 0.777. The number of hydrogen-bond donors (Lipinski definition) is 1. The Morgan fingerprint density at radius 1 is 1.29 bits per heavy atom. The van der Waals surface area contributed by atoms with Gasteiger partial charge in [0.15, 0.2) is 0 Å². The monoisotopic (exact) mass is 299 g/mol. The molecule has 0 bridgehead atoms. The van der Waals surface area contributed by atoms with Crippen molar-refractivity contribution in [2.75, 3.05) is 52.5 Å². The third kappa shape index (κ3) is 5.17. The van der Waals surface area contributed by atoms with Crippen LogP contribution in [0.25, 0.3) is 0 Å². The van der Waals surface area contributed by atoms with Crippen LogP contribution in [0.15, 0.2) is 0 Å². The molecular weight excluding hydrogens is 274 g/mol. The second-order valence-electron chi connectivity index (χ2n) is 5.40. The van der Waals surface area contributed by atoms with Gasteiger partial charge in [0.05, 0.1) is 19.3 Å². The van der Waals surface area contributed by atoms with Crippen molar-refractivity contribution in [3.8, 4) is 0 Å². The van der Waals surface area contributed by atoms with Crippen molar-refractivity contribution in [2.45, 2.75) is 25.9 Å². The maximum Gasteiger partial charge on any atom is 0.409 e. The van der Waals surface area contributed by atoms with Crippen LogP contribution in [0.3, 0.4) is 0 Å². The van der Waals surface area contributed by atoms with E-state index in [9.17, 15) is 9.59 Å². The summed E-state index contributed by atoms with van der Waals surface area (Å²) in [6.07, 6.45) is 2.02. The van der Waals surface area contributed by atoms with Crippen molar-refractivity contribution < 1.29 is 19.1 Å². The molecule has 2 saturated heterocycles. The molecule has 2 aliphatic heterocycles. The van der Waals surface area contributed by atoms with Crippen molar-refractivity contribution in [3.63, 3.8) is 0 Å². The van der Waals surface area contributed by atoms with Crippen LogP contribution in [0.4, 0.5) is 4.79 Å². The average molecular weight is 299 g/mol. The van der Waals surface area contributed by atoms with Crippen LogP contribution in [-0.2, 0) is 14.3 Å². The van der Waals surface area contributed by atoms with Gasteiger partial charge in [-0.25, -0.2) is 4.79 Å². The minimum Gasteiger partial charge on any atom is -0.450 e. The lowest BCUT2D eigenvalue weighted by molar-refractivity contribution is -0.123. The standard InChI is InChI=1S/C14H25N3O4/c1-2-20-14(19)17-7-5-16(6-8-17)11-13(18)15-10-12-4-3-9-21-12/h12H,2-11H2,1H3,(H,15,18)/t12-/m0/s1. The fourth-order valence-corrected chi connectivity index (χ4v) is 2.60. The number of hydrogen-bond acceptors (Lipinski definition) is 5. The number of ether oxygens (including phenoxy) is 2. The van der Waals surface area contributed by atoms with Crippen LogP contribution in [0.5, 0.6) is 0 Å². The minimum atomic E-state index is -0.264. The van der Waals surface area contributed by atoms with Gasteiger partial charge >= 0.3 is 6.09 Å². The molecule has 7 heteroatoms. The maximum atomic E-state index is 11.9. The normalized spacial score (nSPS) is 23.1. The van der Waals surface area contributed by atoms with Crippen LogP contribution >= 0.6 is 0 Å². The summed E-state index contributed by atoms with van der Waals surface area (Å²) in [5.74, 6) is 0.0232. The van der Waals surface area contributed by atoms with Gasteiger partial charge in [-0.3, -0.25) is 9.69 Å². The van der Waals surface area contributed by atoms with E-state index in [4.69, 9.17) is 9.47 Å². The third-order valence-corrected chi connectivity index (χ3v) is 3.82. The Labute approximate surface area is 125 Å². The number of rotatable bonds is 5. The van der Waals surface area contributed by atoms with Crippen molar-refractivity contribution >= 4 is 12.0 Å². The summed E-state index contributed by atoms with van der Waals surface area (Å²) in [6.45, 7) is 6.59. The average Bonchev–Trinajstić information content (AvgIpc) is 2.99. The van der Waals surface area contributed by atoms with Gasteiger partial charge in [0, 0.05) is 39.3 Å². The van der Waals surface area contributed by atoms with Crippen molar-refractivity contribution in [3.05, 3.63) is 0 Å². The van der Waals surface area contributed by atoms with Crippen LogP contribution in [-0.4, -0.2) is 80.4 Å². The van der Waals surface area contributed by atoms with E-state index in [1.54, 1.807) is 11.8 Å². The lowest BCUT2D eigenvalue weighted by Gasteiger charge is -2.33. The lowest BCUT2D eigenvalue weighted by atomic mass is 10.2. The van der Waals surface area contributed by atoms with Crippen LogP contribution in [0.1, 0.15) is 19.8 Å². The van der Waals surface area contributed by atoms with Crippen LogP contribution in [0, 0.1) is 0 Å². The SMILES string of the molecule is CCOC(=O)N1CCN(CC(=O)NC[C@@H]2CCCO2)CC1. The van der Waals surface area contributed by atoms with Gasteiger partial charge < -0.3 is 19.7 Å². The highest BCUT2D eigenvalue weighted by Crippen LogP contribution is 2.10. The largest absolute Gasteiger partial charge is 0.450 e. The summed E-state index contributed by atoms with van der Waals surface area (Å²) in [7, 11) is 0. The highest BCUT2D eigenvalue weighted by Gasteiger charge is 2.23. The molecule has 0 saturated carbocycles. The number of amides is 2. The number of nitrogens with zero attached hydrogens (tertiary/aromatic N) is 2. The first-order valence-corrected chi connectivity index (χ1v) is 7.71. The highest BCUT2D eigenvalue weighted by atomic mass is 16.6. The number of carbonyl (C=O) groups excluding carboxylic acids is 2. The van der Waals surface area contributed by atoms with Gasteiger partial charge in [0.2, 0.25) is 5.91 Å². The molecule has 2 rings (SSSR count). The zero-order valence-electron chi connectivity index (χ0n) is 12.7. The molecule has 1 atom stereocenters. The first-order valence-electron chi connectivity index (χ1n) is 7.71. The summed E-state index contributed by atoms with van der Waals surface area (Å²) in [5.41, 5.74) is 0. The van der Waals surface area contributed by atoms with Crippen LogP contribution in [0.2, 0.25) is 0 Å². The molecule has 0 radical (unpaired) electrons. The van der Waals surface area contributed by atoms with Crippen molar-refractivity contribution in [2.24, 2.45) is 0 Å². The number of nitrogens with one attached hydrogen (secondary N) is 1. The summed E-state index contributed by atoms with van der Waals surface area (Å²) >= 11 is 0. The van der Waals surface area contributed by atoms with E-state index in [0.29, 0.717) is 45.9 Å². The van der Waals surface area contributed by atoms with Gasteiger partial charge in [0.25, 0.3) is 0 Å². The molecule has 0 unspecified atom stereocenters. The van der Waals surface area contributed by atoms with Crippen molar-refractivity contribution in [1.29, 1.82) is 0 Å². The van der Waals surface area contributed by atoms with E-state index in [0.717, 1.165) is 19.4 Å². The lowest BCUT2D eigenvalue weighted by Crippen LogP contribution is -2.51.